The second-order valence-electron chi connectivity index (χ2n) is 11.8. The molecule has 8 rings (SSSR count). The third kappa shape index (κ3) is 3.07. The molecule has 4 heteroatoms. The topological polar surface area (TPSA) is 47.8 Å². The van der Waals surface area contributed by atoms with Gasteiger partial charge in [-0.1, -0.05) is 62.4 Å². The Morgan fingerprint density at radius 2 is 1.40 bits per heavy atom. The van der Waals surface area contributed by atoms with E-state index in [0.29, 0.717) is 32.8 Å². The standard InChI is InChI=1S/C38H29NO3/c1-5-38(4)27-14-7-9-16-30(27)42-31-18-17-29-33(34(31)38)37(41)26-20-23(32-21(2)11-10-12-22(32)3)19-25-35(26)39(29)28-15-8-6-13-24(28)36(25)40/h6-20H,5H2,1-4H3. The second kappa shape index (κ2) is 8.53. The van der Waals surface area contributed by atoms with Crippen molar-refractivity contribution >= 4 is 38.1 Å². The largest absolute Gasteiger partial charge is 0.457 e. The summed E-state index contributed by atoms with van der Waals surface area (Å²) in [5.74, 6) is 1.53. The van der Waals surface area contributed by atoms with E-state index in [9.17, 15) is 9.59 Å². The van der Waals surface area contributed by atoms with E-state index in [1.165, 1.54) is 0 Å². The fourth-order valence-corrected chi connectivity index (χ4v) is 7.40. The average molecular weight is 548 g/mol. The highest BCUT2D eigenvalue weighted by Gasteiger charge is 2.39. The number of aromatic nitrogens is 1. The molecule has 7 aromatic rings. The minimum absolute atomic E-state index is 0.0592. The fourth-order valence-electron chi connectivity index (χ4n) is 7.40. The van der Waals surface area contributed by atoms with Gasteiger partial charge in [0.05, 0.1) is 21.9 Å². The van der Waals surface area contributed by atoms with Crippen LogP contribution in [0.2, 0.25) is 0 Å². The van der Waals surface area contributed by atoms with Crippen molar-refractivity contribution in [3.05, 3.63) is 134 Å². The van der Waals surface area contributed by atoms with Crippen LogP contribution in [-0.4, -0.2) is 4.40 Å². The number of hydrogen-bond acceptors (Lipinski definition) is 3. The zero-order valence-electron chi connectivity index (χ0n) is 24.0. The summed E-state index contributed by atoms with van der Waals surface area (Å²) in [6, 6.07) is 30.0. The zero-order valence-corrected chi connectivity index (χ0v) is 24.0. The molecule has 0 radical (unpaired) electrons. The molecule has 0 saturated heterocycles. The van der Waals surface area contributed by atoms with Gasteiger partial charge in [0.2, 0.25) is 0 Å². The van der Waals surface area contributed by atoms with Crippen LogP contribution in [0.1, 0.15) is 42.5 Å². The summed E-state index contributed by atoms with van der Waals surface area (Å²) >= 11 is 0. The lowest BCUT2D eigenvalue weighted by Crippen LogP contribution is -2.29. The smallest absolute Gasteiger partial charge is 0.197 e. The summed E-state index contributed by atoms with van der Waals surface area (Å²) in [7, 11) is 0. The summed E-state index contributed by atoms with van der Waals surface area (Å²) in [4.78, 5) is 29.0. The van der Waals surface area contributed by atoms with Crippen LogP contribution in [0.5, 0.6) is 11.5 Å². The van der Waals surface area contributed by atoms with Crippen molar-refractivity contribution < 1.29 is 4.74 Å². The van der Waals surface area contributed by atoms with Crippen LogP contribution in [0.25, 0.3) is 49.2 Å². The number of ether oxygens (including phenoxy) is 1. The molecule has 5 aromatic carbocycles. The Labute approximate surface area is 242 Å². The van der Waals surface area contributed by atoms with Crippen molar-refractivity contribution in [2.24, 2.45) is 0 Å². The summed E-state index contributed by atoms with van der Waals surface area (Å²) < 4.78 is 8.60. The molecule has 0 amide bonds. The summed E-state index contributed by atoms with van der Waals surface area (Å²) in [5, 5.41) is 2.38. The molecule has 1 unspecified atom stereocenters. The minimum Gasteiger partial charge on any atom is -0.457 e. The summed E-state index contributed by atoms with van der Waals surface area (Å²) in [6.07, 6.45) is 0.791. The van der Waals surface area contributed by atoms with E-state index < -0.39 is 5.41 Å². The van der Waals surface area contributed by atoms with Gasteiger partial charge in [-0.15, -0.1) is 0 Å². The molecule has 3 heterocycles. The van der Waals surface area contributed by atoms with Crippen molar-refractivity contribution in [2.75, 3.05) is 0 Å². The van der Waals surface area contributed by atoms with Gasteiger partial charge >= 0.3 is 0 Å². The SMILES string of the molecule is CCC1(C)c2ccccc2Oc2ccc3c(c21)c(=O)c1cc(-c2c(C)cccc2C)cc2c(=O)c4ccccc4n3c21. The molecule has 0 aliphatic carbocycles. The number of benzene rings is 5. The highest BCUT2D eigenvalue weighted by molar-refractivity contribution is 6.10. The van der Waals surface area contributed by atoms with Gasteiger partial charge in [-0.25, -0.2) is 0 Å². The first-order chi connectivity index (χ1) is 20.3. The third-order valence-corrected chi connectivity index (χ3v) is 9.56. The van der Waals surface area contributed by atoms with E-state index in [4.69, 9.17) is 4.74 Å². The molecular weight excluding hydrogens is 518 g/mol. The third-order valence-electron chi connectivity index (χ3n) is 9.56. The lowest BCUT2D eigenvalue weighted by atomic mass is 9.70. The van der Waals surface area contributed by atoms with Gasteiger partial charge in [0.1, 0.15) is 11.5 Å². The van der Waals surface area contributed by atoms with Gasteiger partial charge in [0.15, 0.2) is 10.9 Å². The lowest BCUT2D eigenvalue weighted by Gasteiger charge is -2.37. The quantitative estimate of drug-likeness (QED) is 0.161. The van der Waals surface area contributed by atoms with Gasteiger partial charge in [0.25, 0.3) is 0 Å². The number of nitrogens with zero attached hydrogens (tertiary/aromatic N) is 1. The molecule has 2 aromatic heterocycles. The summed E-state index contributed by atoms with van der Waals surface area (Å²) in [5.41, 5.74) is 7.80. The van der Waals surface area contributed by atoms with E-state index >= 15 is 0 Å². The summed E-state index contributed by atoms with van der Waals surface area (Å²) in [6.45, 7) is 8.53. The lowest BCUT2D eigenvalue weighted by molar-refractivity contribution is 0.402. The Kier molecular flexibility index (Phi) is 5.04. The first-order valence-corrected chi connectivity index (χ1v) is 14.5. The molecule has 0 saturated carbocycles. The van der Waals surface area contributed by atoms with Crippen LogP contribution >= 0.6 is 0 Å². The van der Waals surface area contributed by atoms with Crippen LogP contribution < -0.4 is 15.6 Å². The van der Waals surface area contributed by atoms with Gasteiger partial charge in [-0.3, -0.25) is 9.59 Å². The maximum Gasteiger partial charge on any atom is 0.197 e. The highest BCUT2D eigenvalue weighted by atomic mass is 16.5. The average Bonchev–Trinajstić information content (AvgIpc) is 3.00. The number of pyridine rings is 2. The predicted molar refractivity (Wildman–Crippen MR) is 172 cm³/mol. The first-order valence-electron chi connectivity index (χ1n) is 14.5. The molecule has 0 bridgehead atoms. The van der Waals surface area contributed by atoms with Gasteiger partial charge in [-0.05, 0) is 85.0 Å². The highest BCUT2D eigenvalue weighted by Crippen LogP contribution is 2.52. The number of fused-ring (bicyclic) bond motifs is 7. The van der Waals surface area contributed by atoms with E-state index in [2.05, 4.69) is 50.3 Å². The molecule has 0 spiro atoms. The Bertz CT molecular complexity index is 2380. The van der Waals surface area contributed by atoms with Crippen LogP contribution in [0.4, 0.5) is 0 Å². The molecule has 1 aliphatic heterocycles. The Hall–Kier alpha value is -4.96. The number of hydrogen-bond donors (Lipinski definition) is 0. The predicted octanol–water partition coefficient (Wildman–Crippen LogP) is 8.66. The normalized spacial score (nSPS) is 16.2. The molecule has 1 aliphatic rings. The van der Waals surface area contributed by atoms with E-state index in [-0.39, 0.29) is 10.9 Å². The maximum atomic E-state index is 14.9. The monoisotopic (exact) mass is 547 g/mol. The fraction of sp³-hybridized carbons (Fsp3) is 0.158. The maximum absolute atomic E-state index is 14.9. The van der Waals surface area contributed by atoms with Gasteiger partial charge < -0.3 is 9.14 Å². The van der Waals surface area contributed by atoms with Gasteiger partial charge in [0, 0.05) is 32.7 Å². The van der Waals surface area contributed by atoms with Crippen molar-refractivity contribution in [2.45, 2.75) is 39.5 Å². The Morgan fingerprint density at radius 3 is 2.17 bits per heavy atom. The molecular formula is C38H29NO3. The molecule has 0 fully saturated rings. The van der Waals surface area contributed by atoms with Crippen molar-refractivity contribution in [3.63, 3.8) is 0 Å². The molecule has 4 nitrogen and oxygen atoms in total. The van der Waals surface area contributed by atoms with Crippen LogP contribution in [0, 0.1) is 13.8 Å². The molecule has 1 atom stereocenters. The Balaban J connectivity index is 1.65. The molecule has 42 heavy (non-hydrogen) atoms. The zero-order chi connectivity index (χ0) is 28.9. The Morgan fingerprint density at radius 1 is 0.714 bits per heavy atom. The van der Waals surface area contributed by atoms with Gasteiger partial charge in [-0.2, -0.15) is 0 Å². The molecule has 204 valence electrons. The van der Waals surface area contributed by atoms with Crippen molar-refractivity contribution in [1.82, 2.24) is 4.40 Å². The van der Waals surface area contributed by atoms with Crippen LogP contribution in [0.15, 0.2) is 101 Å². The van der Waals surface area contributed by atoms with E-state index in [1.807, 2.05) is 72.8 Å². The van der Waals surface area contributed by atoms with E-state index in [1.54, 1.807) is 0 Å². The first kappa shape index (κ1) is 24.8. The minimum atomic E-state index is -0.444. The van der Waals surface area contributed by atoms with Crippen LogP contribution in [-0.2, 0) is 5.41 Å². The number of rotatable bonds is 2. The molecule has 0 N–H and O–H groups in total. The number of aryl methyl sites for hydroxylation is 2. The van der Waals surface area contributed by atoms with Crippen molar-refractivity contribution in [3.8, 4) is 22.6 Å². The van der Waals surface area contributed by atoms with Crippen molar-refractivity contribution in [1.29, 1.82) is 0 Å². The number of para-hydroxylation sites is 2. The van der Waals surface area contributed by atoms with Crippen LogP contribution in [0.3, 0.4) is 0 Å². The van der Waals surface area contributed by atoms with E-state index in [0.717, 1.165) is 56.6 Å². The second-order valence-corrected chi connectivity index (χ2v) is 11.8.